The van der Waals surface area contributed by atoms with Crippen molar-refractivity contribution in [1.29, 1.82) is 0 Å². The second-order valence-corrected chi connectivity index (χ2v) is 7.26. The van der Waals surface area contributed by atoms with Gasteiger partial charge in [-0.2, -0.15) is 4.98 Å². The minimum atomic E-state index is -0.829. The molecule has 8 heteroatoms. The number of thioether (sulfide) groups is 1. The molecule has 2 aromatic carbocycles. The molecule has 1 aliphatic heterocycles. The third-order valence-electron chi connectivity index (χ3n) is 4.34. The van der Waals surface area contributed by atoms with Gasteiger partial charge in [-0.05, 0) is 18.2 Å². The Labute approximate surface area is 171 Å². The first-order chi connectivity index (χ1) is 14.1. The third-order valence-corrected chi connectivity index (χ3v) is 5.17. The van der Waals surface area contributed by atoms with Crippen LogP contribution in [0.3, 0.4) is 0 Å². The van der Waals surface area contributed by atoms with Crippen LogP contribution in [0.15, 0.2) is 66.3 Å². The van der Waals surface area contributed by atoms with E-state index in [0.29, 0.717) is 33.4 Å². The monoisotopic (exact) mass is 408 g/mol. The average molecular weight is 408 g/mol. The number of halogens is 1. The number of aromatic nitrogens is 3. The summed E-state index contributed by atoms with van der Waals surface area (Å²) in [5, 5.41) is 8.93. The summed E-state index contributed by atoms with van der Waals surface area (Å²) in [4.78, 5) is 18.6. The zero-order valence-electron chi connectivity index (χ0n) is 15.6. The molecule has 29 heavy (non-hydrogen) atoms. The van der Waals surface area contributed by atoms with Crippen LogP contribution in [0.4, 0.5) is 10.1 Å². The highest BCUT2D eigenvalue weighted by Crippen LogP contribution is 2.43. The molecule has 0 saturated carbocycles. The number of hydrogen-bond donors (Lipinski definition) is 0. The summed E-state index contributed by atoms with van der Waals surface area (Å²) in [6, 6.07) is 13.2. The summed E-state index contributed by atoms with van der Waals surface area (Å²) >= 11 is 1.37. The second kappa shape index (κ2) is 8.00. The molecule has 2 heterocycles. The van der Waals surface area contributed by atoms with E-state index in [-0.39, 0.29) is 17.6 Å². The van der Waals surface area contributed by atoms with Crippen LogP contribution in [-0.4, -0.2) is 26.8 Å². The molecule has 0 radical (unpaired) electrons. The van der Waals surface area contributed by atoms with Gasteiger partial charge in [-0.1, -0.05) is 48.2 Å². The fraction of sp³-hybridized carbons (Fsp3) is 0.143. The van der Waals surface area contributed by atoms with Crippen LogP contribution in [-0.2, 0) is 4.79 Å². The zero-order chi connectivity index (χ0) is 20.4. The van der Waals surface area contributed by atoms with Gasteiger partial charge in [0.05, 0.1) is 5.69 Å². The maximum absolute atomic E-state index is 13.5. The number of carbonyl (C=O) groups excluding carboxylic acids is 1. The highest BCUT2D eigenvalue weighted by molar-refractivity contribution is 7.99. The second-order valence-electron chi connectivity index (χ2n) is 6.28. The van der Waals surface area contributed by atoms with E-state index in [0.717, 1.165) is 0 Å². The summed E-state index contributed by atoms with van der Waals surface area (Å²) in [5.74, 6) is 0.286. The molecular weight excluding hydrogens is 391 g/mol. The van der Waals surface area contributed by atoms with Gasteiger partial charge in [0.15, 0.2) is 5.69 Å². The quantitative estimate of drug-likeness (QED) is 0.471. The standard InChI is InChI=1S/C21H17FN4O2S/c1-3-12-29-21-23-19-18(24-25-21)16-6-4-5-7-17(16)26(13(2)27)20(28-19)14-8-10-15(22)11-9-14/h3-11,20H,1,12H2,2H3/t20-/m1/s1. The van der Waals surface area contributed by atoms with E-state index in [1.54, 1.807) is 18.2 Å². The van der Waals surface area contributed by atoms with Crippen molar-refractivity contribution in [3.8, 4) is 17.1 Å². The van der Waals surface area contributed by atoms with Crippen LogP contribution in [0.5, 0.6) is 5.88 Å². The number of carbonyl (C=O) groups is 1. The molecule has 0 bridgehead atoms. The van der Waals surface area contributed by atoms with Crippen LogP contribution in [0, 0.1) is 5.82 Å². The minimum Gasteiger partial charge on any atom is -0.447 e. The molecule has 0 aliphatic carbocycles. The lowest BCUT2D eigenvalue weighted by atomic mass is 10.1. The summed E-state index contributed by atoms with van der Waals surface area (Å²) in [6.45, 7) is 5.15. The maximum Gasteiger partial charge on any atom is 0.247 e. The van der Waals surface area contributed by atoms with Crippen molar-refractivity contribution in [2.75, 3.05) is 10.7 Å². The van der Waals surface area contributed by atoms with Crippen molar-refractivity contribution in [2.24, 2.45) is 0 Å². The lowest BCUT2D eigenvalue weighted by Gasteiger charge is -2.29. The van der Waals surface area contributed by atoms with Crippen LogP contribution >= 0.6 is 11.8 Å². The molecule has 146 valence electrons. The first-order valence-electron chi connectivity index (χ1n) is 8.88. The molecule has 0 N–H and O–H groups in total. The van der Waals surface area contributed by atoms with E-state index in [4.69, 9.17) is 4.74 Å². The number of nitrogens with zero attached hydrogens (tertiary/aromatic N) is 4. The summed E-state index contributed by atoms with van der Waals surface area (Å²) in [6.07, 6.45) is 0.915. The van der Waals surface area contributed by atoms with Crippen LogP contribution in [0.25, 0.3) is 11.3 Å². The number of para-hydroxylation sites is 1. The van der Waals surface area contributed by atoms with Gasteiger partial charge < -0.3 is 4.74 Å². The first kappa shape index (κ1) is 19.1. The van der Waals surface area contributed by atoms with Crippen molar-refractivity contribution < 1.29 is 13.9 Å². The molecule has 1 aromatic heterocycles. The smallest absolute Gasteiger partial charge is 0.247 e. The topological polar surface area (TPSA) is 68.2 Å². The van der Waals surface area contributed by atoms with Crippen molar-refractivity contribution in [1.82, 2.24) is 15.2 Å². The minimum absolute atomic E-state index is 0.228. The SMILES string of the molecule is C=CCSc1nnc2c(n1)O[C@H](c1ccc(F)cc1)N(C(C)=O)c1ccccc1-2. The van der Waals surface area contributed by atoms with Gasteiger partial charge in [0.1, 0.15) is 5.82 Å². The third kappa shape index (κ3) is 3.71. The number of fused-ring (bicyclic) bond motifs is 3. The molecule has 4 rings (SSSR count). The molecule has 6 nitrogen and oxygen atoms in total. The normalized spacial score (nSPS) is 15.0. The van der Waals surface area contributed by atoms with Gasteiger partial charge in [0, 0.05) is 23.8 Å². The molecule has 0 saturated heterocycles. The fourth-order valence-corrected chi connectivity index (χ4v) is 3.60. The summed E-state index contributed by atoms with van der Waals surface area (Å²) in [7, 11) is 0. The zero-order valence-corrected chi connectivity index (χ0v) is 16.4. The highest BCUT2D eigenvalue weighted by Gasteiger charge is 2.34. The van der Waals surface area contributed by atoms with Crippen LogP contribution < -0.4 is 9.64 Å². The Bertz CT molecular complexity index is 1070. The van der Waals surface area contributed by atoms with Crippen molar-refractivity contribution in [3.63, 3.8) is 0 Å². The maximum atomic E-state index is 13.5. The van der Waals surface area contributed by atoms with E-state index >= 15 is 0 Å². The van der Waals surface area contributed by atoms with Gasteiger partial charge in [0.25, 0.3) is 0 Å². The number of ether oxygens (including phenoxy) is 1. The summed E-state index contributed by atoms with van der Waals surface area (Å²) in [5.41, 5.74) is 2.36. The Kier molecular flexibility index (Phi) is 5.26. The van der Waals surface area contributed by atoms with E-state index in [1.807, 2.05) is 24.3 Å². The van der Waals surface area contributed by atoms with E-state index < -0.39 is 6.23 Å². The van der Waals surface area contributed by atoms with Gasteiger partial charge in [-0.3, -0.25) is 9.69 Å². The summed E-state index contributed by atoms with van der Waals surface area (Å²) < 4.78 is 19.7. The fourth-order valence-electron chi connectivity index (χ4n) is 3.09. The molecule has 0 fully saturated rings. The predicted octanol–water partition coefficient (Wildman–Crippen LogP) is 4.40. The number of rotatable bonds is 4. The number of hydrogen-bond acceptors (Lipinski definition) is 6. The molecule has 0 spiro atoms. The molecular formula is C21H17FN4O2S. The van der Waals surface area contributed by atoms with E-state index in [2.05, 4.69) is 21.8 Å². The van der Waals surface area contributed by atoms with Crippen LogP contribution in [0.2, 0.25) is 0 Å². The number of anilines is 1. The van der Waals surface area contributed by atoms with Crippen molar-refractivity contribution in [3.05, 3.63) is 72.6 Å². The number of amides is 1. The molecule has 1 atom stereocenters. The largest absolute Gasteiger partial charge is 0.447 e. The van der Waals surface area contributed by atoms with Gasteiger partial charge in [0.2, 0.25) is 23.2 Å². The Hall–Kier alpha value is -3.26. The highest BCUT2D eigenvalue weighted by atomic mass is 32.2. The van der Waals surface area contributed by atoms with Crippen molar-refractivity contribution in [2.45, 2.75) is 18.3 Å². The number of benzene rings is 2. The van der Waals surface area contributed by atoms with E-state index in [9.17, 15) is 9.18 Å². The Morgan fingerprint density at radius 3 is 2.72 bits per heavy atom. The van der Waals surface area contributed by atoms with Gasteiger partial charge in [-0.15, -0.1) is 16.8 Å². The average Bonchev–Trinajstić information content (AvgIpc) is 2.87. The Balaban J connectivity index is 1.90. The van der Waals surface area contributed by atoms with Crippen molar-refractivity contribution >= 4 is 23.4 Å². The lowest BCUT2D eigenvalue weighted by molar-refractivity contribution is -0.118. The molecule has 1 aliphatic rings. The first-order valence-corrected chi connectivity index (χ1v) is 9.87. The van der Waals surface area contributed by atoms with Gasteiger partial charge in [-0.25, -0.2) is 4.39 Å². The Morgan fingerprint density at radius 1 is 1.24 bits per heavy atom. The Morgan fingerprint density at radius 2 is 2.00 bits per heavy atom. The predicted molar refractivity (Wildman–Crippen MR) is 109 cm³/mol. The van der Waals surface area contributed by atoms with E-state index in [1.165, 1.54) is 35.7 Å². The molecule has 0 unspecified atom stereocenters. The molecule has 1 amide bonds. The van der Waals surface area contributed by atoms with Gasteiger partial charge >= 0.3 is 0 Å². The molecule has 3 aromatic rings. The lowest BCUT2D eigenvalue weighted by Crippen LogP contribution is -2.36. The van der Waals surface area contributed by atoms with Crippen LogP contribution in [0.1, 0.15) is 18.7 Å².